The van der Waals surface area contributed by atoms with Gasteiger partial charge in [0.25, 0.3) is 0 Å². The summed E-state index contributed by atoms with van der Waals surface area (Å²) in [5.41, 5.74) is 3.30. The molecule has 1 rings (SSSR count). The topological polar surface area (TPSA) is 28.2 Å². The Bertz CT molecular complexity index is 381. The van der Waals surface area contributed by atoms with Crippen LogP contribution in [0.5, 0.6) is 0 Å². The second-order valence-corrected chi connectivity index (χ2v) is 7.56. The molecule has 1 aromatic heterocycles. The summed E-state index contributed by atoms with van der Waals surface area (Å²) < 4.78 is 0. The molecule has 0 aliphatic rings. The first kappa shape index (κ1) is 16.6. The molecule has 0 saturated heterocycles. The van der Waals surface area contributed by atoms with Crippen molar-refractivity contribution >= 4 is 11.3 Å². The molecular formula is C15H29N3S. The molecule has 19 heavy (non-hydrogen) atoms. The zero-order chi connectivity index (χ0) is 14.6. The fourth-order valence-corrected chi connectivity index (χ4v) is 2.76. The quantitative estimate of drug-likeness (QED) is 0.868. The van der Waals surface area contributed by atoms with Gasteiger partial charge in [-0.15, -0.1) is 11.3 Å². The van der Waals surface area contributed by atoms with Gasteiger partial charge in [0.05, 0.1) is 11.2 Å². The lowest BCUT2D eigenvalue weighted by Crippen LogP contribution is -2.44. The maximum Gasteiger partial charge on any atom is 0.0798 e. The number of aromatic nitrogens is 1. The monoisotopic (exact) mass is 283 g/mol. The molecule has 0 amide bonds. The van der Waals surface area contributed by atoms with Gasteiger partial charge >= 0.3 is 0 Å². The van der Waals surface area contributed by atoms with E-state index in [9.17, 15) is 0 Å². The minimum Gasteiger partial charge on any atom is -0.312 e. The molecular weight excluding hydrogens is 254 g/mol. The number of nitrogens with zero attached hydrogens (tertiary/aromatic N) is 2. The number of hydrogen-bond donors (Lipinski definition) is 1. The van der Waals surface area contributed by atoms with Crippen molar-refractivity contribution in [2.45, 2.75) is 59.7 Å². The van der Waals surface area contributed by atoms with Crippen LogP contribution in [0, 0.1) is 12.8 Å². The van der Waals surface area contributed by atoms with Crippen LogP contribution >= 0.6 is 11.3 Å². The summed E-state index contributed by atoms with van der Waals surface area (Å²) in [6, 6.07) is 0.552. The Labute approximate surface area is 122 Å². The molecule has 0 aliphatic heterocycles. The molecule has 0 aromatic carbocycles. The van der Waals surface area contributed by atoms with E-state index in [1.807, 2.05) is 5.51 Å². The molecule has 0 radical (unpaired) electrons. The van der Waals surface area contributed by atoms with Gasteiger partial charge in [-0.3, -0.25) is 4.90 Å². The van der Waals surface area contributed by atoms with E-state index in [0.29, 0.717) is 12.0 Å². The molecule has 3 nitrogen and oxygen atoms in total. The van der Waals surface area contributed by atoms with Crippen molar-refractivity contribution in [3.8, 4) is 0 Å². The van der Waals surface area contributed by atoms with E-state index in [0.717, 1.165) is 13.1 Å². The Morgan fingerprint density at radius 1 is 1.37 bits per heavy atom. The molecule has 1 aromatic rings. The SMILES string of the molecule is Cc1ncsc1CN(C)C(C)C(C)CNC(C)(C)C. The highest BCUT2D eigenvalue weighted by Gasteiger charge is 2.20. The predicted molar refractivity (Wildman–Crippen MR) is 84.7 cm³/mol. The zero-order valence-corrected chi connectivity index (χ0v) is 14.3. The van der Waals surface area contributed by atoms with Crippen LogP contribution in [0.3, 0.4) is 0 Å². The minimum atomic E-state index is 0.195. The van der Waals surface area contributed by atoms with Gasteiger partial charge in [-0.2, -0.15) is 0 Å². The van der Waals surface area contributed by atoms with Crippen LogP contribution in [0.1, 0.15) is 45.2 Å². The largest absolute Gasteiger partial charge is 0.312 e. The van der Waals surface area contributed by atoms with Crippen molar-refractivity contribution in [1.82, 2.24) is 15.2 Å². The van der Waals surface area contributed by atoms with Gasteiger partial charge in [-0.25, -0.2) is 4.98 Å². The molecule has 4 heteroatoms. The lowest BCUT2D eigenvalue weighted by molar-refractivity contribution is 0.183. The minimum absolute atomic E-state index is 0.195. The van der Waals surface area contributed by atoms with Gasteiger partial charge in [-0.05, 0) is 54.1 Å². The fraction of sp³-hybridized carbons (Fsp3) is 0.800. The van der Waals surface area contributed by atoms with E-state index < -0.39 is 0 Å². The molecule has 0 spiro atoms. The van der Waals surface area contributed by atoms with E-state index >= 15 is 0 Å². The molecule has 0 saturated carbocycles. The highest BCUT2D eigenvalue weighted by atomic mass is 32.1. The Kier molecular flexibility index (Phi) is 5.96. The first-order valence-corrected chi connectivity index (χ1v) is 7.93. The van der Waals surface area contributed by atoms with E-state index in [1.165, 1.54) is 10.6 Å². The Hall–Kier alpha value is -0.450. The summed E-state index contributed by atoms with van der Waals surface area (Å²) in [5.74, 6) is 0.623. The Morgan fingerprint density at radius 3 is 2.47 bits per heavy atom. The van der Waals surface area contributed by atoms with Crippen molar-refractivity contribution in [3.05, 3.63) is 16.1 Å². The highest BCUT2D eigenvalue weighted by Crippen LogP contribution is 2.18. The highest BCUT2D eigenvalue weighted by molar-refractivity contribution is 7.09. The van der Waals surface area contributed by atoms with E-state index in [4.69, 9.17) is 0 Å². The van der Waals surface area contributed by atoms with Crippen molar-refractivity contribution in [2.24, 2.45) is 5.92 Å². The molecule has 0 bridgehead atoms. The number of rotatable bonds is 6. The standard InChI is InChI=1S/C15H29N3S/c1-11(8-17-15(4,5)6)13(3)18(7)9-14-12(2)16-10-19-14/h10-11,13,17H,8-9H2,1-7H3. The maximum absolute atomic E-state index is 4.32. The molecule has 2 atom stereocenters. The summed E-state index contributed by atoms with van der Waals surface area (Å²) in [4.78, 5) is 8.13. The molecule has 0 aliphatic carbocycles. The van der Waals surface area contributed by atoms with Crippen LogP contribution in [0.4, 0.5) is 0 Å². The number of hydrogen-bond acceptors (Lipinski definition) is 4. The second-order valence-electron chi connectivity index (χ2n) is 6.62. The fourth-order valence-electron chi connectivity index (χ4n) is 1.92. The Morgan fingerprint density at radius 2 is 2.00 bits per heavy atom. The Balaban J connectivity index is 2.47. The summed E-state index contributed by atoms with van der Waals surface area (Å²) >= 11 is 1.76. The van der Waals surface area contributed by atoms with Gasteiger partial charge in [0, 0.05) is 23.0 Å². The summed E-state index contributed by atoms with van der Waals surface area (Å²) in [6.07, 6.45) is 0. The van der Waals surface area contributed by atoms with Crippen molar-refractivity contribution < 1.29 is 0 Å². The molecule has 2 unspecified atom stereocenters. The number of nitrogens with one attached hydrogen (secondary N) is 1. The molecule has 0 fully saturated rings. The van der Waals surface area contributed by atoms with Crippen LogP contribution in [0.25, 0.3) is 0 Å². The first-order valence-electron chi connectivity index (χ1n) is 7.05. The van der Waals surface area contributed by atoms with Gasteiger partial charge in [-0.1, -0.05) is 6.92 Å². The third-order valence-corrected chi connectivity index (χ3v) is 4.63. The van der Waals surface area contributed by atoms with Gasteiger partial charge < -0.3 is 5.32 Å². The first-order chi connectivity index (χ1) is 8.70. The van der Waals surface area contributed by atoms with Crippen LogP contribution in [-0.4, -0.2) is 35.1 Å². The van der Waals surface area contributed by atoms with Crippen LogP contribution < -0.4 is 5.32 Å². The zero-order valence-electron chi connectivity index (χ0n) is 13.4. The normalized spacial score (nSPS) is 15.8. The molecule has 1 heterocycles. The van der Waals surface area contributed by atoms with E-state index in [2.05, 4.69) is 63.8 Å². The predicted octanol–water partition coefficient (Wildman–Crippen LogP) is 3.30. The average Bonchev–Trinajstić information content (AvgIpc) is 2.70. The summed E-state index contributed by atoms with van der Waals surface area (Å²) in [5, 5.41) is 3.59. The van der Waals surface area contributed by atoms with Gasteiger partial charge in [0.2, 0.25) is 0 Å². The van der Waals surface area contributed by atoms with E-state index in [-0.39, 0.29) is 5.54 Å². The molecule has 110 valence electrons. The molecule has 1 N–H and O–H groups in total. The third kappa shape index (κ3) is 5.59. The van der Waals surface area contributed by atoms with Gasteiger partial charge in [0.15, 0.2) is 0 Å². The third-order valence-electron chi connectivity index (χ3n) is 3.71. The number of thiazole rings is 1. The summed E-state index contributed by atoms with van der Waals surface area (Å²) in [7, 11) is 2.21. The summed E-state index contributed by atoms with van der Waals surface area (Å²) in [6.45, 7) is 15.4. The van der Waals surface area contributed by atoms with Crippen LogP contribution in [0.2, 0.25) is 0 Å². The van der Waals surface area contributed by atoms with Crippen LogP contribution in [0.15, 0.2) is 5.51 Å². The second kappa shape index (κ2) is 6.82. The van der Waals surface area contributed by atoms with Crippen molar-refractivity contribution in [3.63, 3.8) is 0 Å². The van der Waals surface area contributed by atoms with Crippen molar-refractivity contribution in [1.29, 1.82) is 0 Å². The maximum atomic E-state index is 4.32. The lowest BCUT2D eigenvalue weighted by atomic mass is 10.00. The lowest BCUT2D eigenvalue weighted by Gasteiger charge is -2.32. The van der Waals surface area contributed by atoms with Crippen LogP contribution in [-0.2, 0) is 6.54 Å². The number of aryl methyl sites for hydroxylation is 1. The average molecular weight is 283 g/mol. The van der Waals surface area contributed by atoms with Gasteiger partial charge in [0.1, 0.15) is 0 Å². The van der Waals surface area contributed by atoms with E-state index in [1.54, 1.807) is 11.3 Å². The smallest absolute Gasteiger partial charge is 0.0798 e. The van der Waals surface area contributed by atoms with Crippen molar-refractivity contribution in [2.75, 3.05) is 13.6 Å².